The van der Waals surface area contributed by atoms with Crippen molar-refractivity contribution in [1.29, 1.82) is 0 Å². The number of carbonyl (C=O) groups excluding carboxylic acids is 1. The Kier molecular flexibility index (Phi) is 4.10. The van der Waals surface area contributed by atoms with Gasteiger partial charge in [0.15, 0.2) is 16.7 Å². The summed E-state index contributed by atoms with van der Waals surface area (Å²) in [6.45, 7) is 0.191. The molecule has 1 fully saturated rings. The number of carboxylic acids is 1. The number of fused-ring (bicyclic) bond motifs is 1. The molecule has 2 aromatic rings. The van der Waals surface area contributed by atoms with Gasteiger partial charge in [-0.05, 0) is 53.7 Å². The largest absolute Gasteiger partial charge is 0.478 e. The third-order valence-electron chi connectivity index (χ3n) is 3.67. The minimum Gasteiger partial charge on any atom is -0.478 e. The number of hydrogen-bond acceptors (Lipinski definition) is 6. The van der Waals surface area contributed by atoms with Gasteiger partial charge in [0.1, 0.15) is 0 Å². The van der Waals surface area contributed by atoms with Crippen molar-refractivity contribution in [3.8, 4) is 11.5 Å². The molecular formula is C18H12N2O5S. The number of ether oxygens (including phenoxy) is 2. The topological polar surface area (TPSA) is 97.2 Å². The van der Waals surface area contributed by atoms with E-state index in [4.69, 9.17) is 14.6 Å². The maximum Gasteiger partial charge on any atom is 0.335 e. The molecule has 0 spiro atoms. The average molecular weight is 368 g/mol. The second-order valence-electron chi connectivity index (χ2n) is 5.45. The molecule has 2 N–H and O–H groups in total. The van der Waals surface area contributed by atoms with Crippen LogP contribution in [0.25, 0.3) is 6.08 Å². The molecule has 0 atom stereocenters. The number of aliphatic imine (C=N–C) groups is 1. The van der Waals surface area contributed by atoms with Gasteiger partial charge in [-0.3, -0.25) is 4.79 Å². The Morgan fingerprint density at radius 3 is 2.88 bits per heavy atom. The predicted molar refractivity (Wildman–Crippen MR) is 96.8 cm³/mol. The van der Waals surface area contributed by atoms with Crippen molar-refractivity contribution in [2.75, 3.05) is 6.79 Å². The summed E-state index contributed by atoms with van der Waals surface area (Å²) in [5.41, 5.74) is 1.40. The molecule has 0 radical (unpaired) electrons. The molecule has 26 heavy (non-hydrogen) atoms. The molecule has 0 bridgehead atoms. The highest BCUT2D eigenvalue weighted by atomic mass is 32.2. The summed E-state index contributed by atoms with van der Waals surface area (Å²) in [5.74, 6) is 0.0257. The Labute approximate surface area is 152 Å². The van der Waals surface area contributed by atoms with Crippen molar-refractivity contribution < 1.29 is 24.2 Å². The van der Waals surface area contributed by atoms with E-state index in [1.807, 2.05) is 6.07 Å². The summed E-state index contributed by atoms with van der Waals surface area (Å²) >= 11 is 1.19. The molecule has 1 amide bonds. The van der Waals surface area contributed by atoms with Crippen LogP contribution in [0.1, 0.15) is 15.9 Å². The number of amidine groups is 1. The van der Waals surface area contributed by atoms with Gasteiger partial charge in [-0.15, -0.1) is 0 Å². The number of thioether (sulfide) groups is 1. The quantitative estimate of drug-likeness (QED) is 0.809. The van der Waals surface area contributed by atoms with Gasteiger partial charge >= 0.3 is 5.97 Å². The van der Waals surface area contributed by atoms with Crippen LogP contribution < -0.4 is 14.8 Å². The third kappa shape index (κ3) is 3.27. The van der Waals surface area contributed by atoms with Crippen LogP contribution in [0, 0.1) is 0 Å². The van der Waals surface area contributed by atoms with E-state index in [0.29, 0.717) is 27.3 Å². The first-order valence-electron chi connectivity index (χ1n) is 7.61. The molecule has 0 aromatic heterocycles. The molecule has 0 unspecified atom stereocenters. The normalized spacial score (nSPS) is 18.4. The number of benzene rings is 2. The van der Waals surface area contributed by atoms with E-state index in [-0.39, 0.29) is 18.3 Å². The standard InChI is InChI=1S/C18H12N2O5S/c21-16-15(7-10-4-5-13-14(6-10)25-9-24-13)26-18(20-16)19-12-3-1-2-11(8-12)17(22)23/h1-8H,9H2,(H,22,23)(H,19,20,21)/b15-7+. The predicted octanol–water partition coefficient (Wildman–Crippen LogP) is 3.01. The number of aromatic carboxylic acids is 1. The van der Waals surface area contributed by atoms with Gasteiger partial charge in [-0.25, -0.2) is 9.79 Å². The molecule has 4 rings (SSSR count). The van der Waals surface area contributed by atoms with Crippen LogP contribution in [0.2, 0.25) is 0 Å². The van der Waals surface area contributed by atoms with Crippen molar-refractivity contribution in [2.24, 2.45) is 4.99 Å². The Bertz CT molecular complexity index is 983. The first kappa shape index (κ1) is 16.2. The lowest BCUT2D eigenvalue weighted by atomic mass is 10.2. The van der Waals surface area contributed by atoms with Crippen LogP contribution in [0.3, 0.4) is 0 Å². The molecule has 130 valence electrons. The molecule has 7 nitrogen and oxygen atoms in total. The van der Waals surface area contributed by atoms with Crippen molar-refractivity contribution in [3.05, 3.63) is 58.5 Å². The molecule has 2 aromatic carbocycles. The number of hydrogen-bond donors (Lipinski definition) is 2. The van der Waals surface area contributed by atoms with Gasteiger partial charge < -0.3 is 19.9 Å². The maximum atomic E-state index is 12.2. The lowest BCUT2D eigenvalue weighted by molar-refractivity contribution is -0.115. The third-order valence-corrected chi connectivity index (χ3v) is 4.58. The summed E-state index contributed by atoms with van der Waals surface area (Å²) in [6.07, 6.45) is 1.73. The highest BCUT2D eigenvalue weighted by molar-refractivity contribution is 8.18. The SMILES string of the molecule is O=C1NC(=Nc2cccc(C(=O)O)c2)S/C1=C/c1ccc2c(c1)OCO2. The first-order chi connectivity index (χ1) is 12.6. The summed E-state index contributed by atoms with van der Waals surface area (Å²) in [5, 5.41) is 12.1. The van der Waals surface area contributed by atoms with E-state index >= 15 is 0 Å². The Morgan fingerprint density at radius 1 is 1.19 bits per heavy atom. The monoisotopic (exact) mass is 368 g/mol. The maximum absolute atomic E-state index is 12.2. The number of carbonyl (C=O) groups is 2. The second kappa shape index (κ2) is 6.57. The molecule has 0 aliphatic carbocycles. The van der Waals surface area contributed by atoms with Crippen LogP contribution in [-0.4, -0.2) is 28.9 Å². The zero-order valence-corrected chi connectivity index (χ0v) is 14.1. The molecule has 1 saturated heterocycles. The van der Waals surface area contributed by atoms with Gasteiger partial charge in [0, 0.05) is 0 Å². The molecule has 2 heterocycles. The highest BCUT2D eigenvalue weighted by Gasteiger charge is 2.24. The molecular weight excluding hydrogens is 356 g/mol. The molecule has 0 saturated carbocycles. The number of carboxylic acid groups (broad SMARTS) is 1. The molecule has 2 aliphatic rings. The fourth-order valence-corrected chi connectivity index (χ4v) is 3.30. The number of nitrogens with one attached hydrogen (secondary N) is 1. The summed E-state index contributed by atoms with van der Waals surface area (Å²) < 4.78 is 10.6. The highest BCUT2D eigenvalue weighted by Crippen LogP contribution is 2.34. The van der Waals surface area contributed by atoms with Gasteiger partial charge in [-0.1, -0.05) is 12.1 Å². The van der Waals surface area contributed by atoms with E-state index in [2.05, 4.69) is 10.3 Å². The molecule has 2 aliphatic heterocycles. The lowest BCUT2D eigenvalue weighted by Crippen LogP contribution is -2.19. The fraction of sp³-hybridized carbons (Fsp3) is 0.0556. The van der Waals surface area contributed by atoms with Crippen molar-refractivity contribution in [3.63, 3.8) is 0 Å². The summed E-state index contributed by atoms with van der Waals surface area (Å²) in [4.78, 5) is 28.0. The molecule has 8 heteroatoms. The zero-order chi connectivity index (χ0) is 18.1. The smallest absolute Gasteiger partial charge is 0.335 e. The van der Waals surface area contributed by atoms with Gasteiger partial charge in [-0.2, -0.15) is 0 Å². The van der Waals surface area contributed by atoms with Crippen LogP contribution in [0.4, 0.5) is 5.69 Å². The Hall–Kier alpha value is -3.26. The van der Waals surface area contributed by atoms with Gasteiger partial charge in [0.25, 0.3) is 5.91 Å². The van der Waals surface area contributed by atoms with Crippen LogP contribution in [-0.2, 0) is 4.79 Å². The van der Waals surface area contributed by atoms with Crippen molar-refractivity contribution in [2.45, 2.75) is 0 Å². The van der Waals surface area contributed by atoms with E-state index in [1.165, 1.54) is 23.9 Å². The second-order valence-corrected chi connectivity index (χ2v) is 6.48. The zero-order valence-electron chi connectivity index (χ0n) is 13.3. The van der Waals surface area contributed by atoms with Crippen LogP contribution in [0.15, 0.2) is 52.4 Å². The minimum absolute atomic E-state index is 0.136. The van der Waals surface area contributed by atoms with E-state index in [1.54, 1.807) is 30.3 Å². The fourth-order valence-electron chi connectivity index (χ4n) is 2.46. The van der Waals surface area contributed by atoms with Crippen LogP contribution >= 0.6 is 11.8 Å². The van der Waals surface area contributed by atoms with E-state index in [0.717, 1.165) is 5.56 Å². The van der Waals surface area contributed by atoms with E-state index in [9.17, 15) is 9.59 Å². The Balaban J connectivity index is 1.57. The van der Waals surface area contributed by atoms with Crippen molar-refractivity contribution in [1.82, 2.24) is 5.32 Å². The Morgan fingerprint density at radius 2 is 2.04 bits per heavy atom. The van der Waals surface area contributed by atoms with E-state index < -0.39 is 5.97 Å². The summed E-state index contributed by atoms with van der Waals surface area (Å²) in [7, 11) is 0. The number of rotatable bonds is 3. The number of amides is 1. The number of nitrogens with zero attached hydrogens (tertiary/aromatic N) is 1. The average Bonchev–Trinajstić information content (AvgIpc) is 3.21. The lowest BCUT2D eigenvalue weighted by Gasteiger charge is -1.99. The first-order valence-corrected chi connectivity index (χ1v) is 8.43. The van der Waals surface area contributed by atoms with Crippen LogP contribution in [0.5, 0.6) is 11.5 Å². The van der Waals surface area contributed by atoms with Crippen molar-refractivity contribution >= 4 is 40.6 Å². The van der Waals surface area contributed by atoms with Gasteiger partial charge in [0.2, 0.25) is 6.79 Å². The summed E-state index contributed by atoms with van der Waals surface area (Å²) in [6, 6.07) is 11.6. The van der Waals surface area contributed by atoms with Gasteiger partial charge in [0.05, 0.1) is 16.2 Å². The minimum atomic E-state index is -1.03.